The monoisotopic (exact) mass is 318 g/mol. The number of aryl methyl sites for hydroxylation is 1. The Bertz CT molecular complexity index is 458. The number of carbonyl (C=O) groups excluding carboxylic acids is 1. The van der Waals surface area contributed by atoms with E-state index in [9.17, 15) is 4.79 Å². The number of carbonyl (C=O) groups is 1. The lowest BCUT2D eigenvalue weighted by Gasteiger charge is -2.24. The maximum atomic E-state index is 12.1. The number of ether oxygens (including phenoxy) is 1. The van der Waals surface area contributed by atoms with Gasteiger partial charge in [-0.3, -0.25) is 4.79 Å². The van der Waals surface area contributed by atoms with E-state index in [1.165, 1.54) is 18.4 Å². The van der Waals surface area contributed by atoms with Gasteiger partial charge in [-0.2, -0.15) is 0 Å². The quantitative estimate of drug-likeness (QED) is 0.579. The molecule has 0 N–H and O–H groups in total. The lowest BCUT2D eigenvalue weighted by atomic mass is 9.87. The molecule has 23 heavy (non-hydrogen) atoms. The fourth-order valence-corrected chi connectivity index (χ4v) is 3.06. The molecule has 1 rings (SSSR count). The van der Waals surface area contributed by atoms with Crippen molar-refractivity contribution in [3.63, 3.8) is 0 Å². The van der Waals surface area contributed by atoms with Gasteiger partial charge in [0.1, 0.15) is 5.60 Å². The Morgan fingerprint density at radius 2 is 1.61 bits per heavy atom. The third-order valence-corrected chi connectivity index (χ3v) is 4.14. The fraction of sp³-hybridized carbons (Fsp3) is 0.667. The molecule has 1 aromatic carbocycles. The van der Waals surface area contributed by atoms with E-state index >= 15 is 0 Å². The Labute approximate surface area is 142 Å². The van der Waals surface area contributed by atoms with Gasteiger partial charge in [-0.15, -0.1) is 0 Å². The van der Waals surface area contributed by atoms with Crippen LogP contribution in [0.15, 0.2) is 30.3 Å². The molecule has 0 saturated carbocycles. The van der Waals surface area contributed by atoms with E-state index in [4.69, 9.17) is 4.74 Å². The molecule has 2 heteroatoms. The molecule has 0 aromatic heterocycles. The highest BCUT2D eigenvalue weighted by Gasteiger charge is 2.23. The molecule has 0 spiro atoms. The maximum absolute atomic E-state index is 12.1. The summed E-state index contributed by atoms with van der Waals surface area (Å²) in [5, 5.41) is 0. The van der Waals surface area contributed by atoms with Crippen molar-refractivity contribution in [2.45, 2.75) is 72.8 Å². The first-order valence-electron chi connectivity index (χ1n) is 8.94. The summed E-state index contributed by atoms with van der Waals surface area (Å²) in [5.74, 6) is 1.13. The summed E-state index contributed by atoms with van der Waals surface area (Å²) in [6, 6.07) is 10.7. The van der Waals surface area contributed by atoms with Crippen LogP contribution in [0.1, 0.15) is 66.4 Å². The van der Waals surface area contributed by atoms with Crippen LogP contribution in [-0.4, -0.2) is 11.6 Å². The standard InChI is InChI=1S/C21H34O2/c1-16(12-13-19-10-8-7-9-11-19)14-17(2)15-18(3)20(22)23-21(4,5)6/h7-11,16-18H,12-15H2,1-6H3/t16-,17-,18+/m0/s1. The number of hydrogen-bond donors (Lipinski definition) is 0. The van der Waals surface area contributed by atoms with Gasteiger partial charge in [-0.1, -0.05) is 51.1 Å². The highest BCUT2D eigenvalue weighted by molar-refractivity contribution is 5.72. The minimum absolute atomic E-state index is 0.0226. The fourth-order valence-electron chi connectivity index (χ4n) is 3.06. The first-order valence-corrected chi connectivity index (χ1v) is 8.94. The van der Waals surface area contributed by atoms with E-state index in [0.29, 0.717) is 11.8 Å². The predicted octanol–water partition coefficient (Wildman–Crippen LogP) is 5.65. The third kappa shape index (κ3) is 8.78. The summed E-state index contributed by atoms with van der Waals surface area (Å²) < 4.78 is 5.47. The molecule has 0 aliphatic heterocycles. The Hall–Kier alpha value is -1.31. The van der Waals surface area contributed by atoms with Crippen LogP contribution < -0.4 is 0 Å². The van der Waals surface area contributed by atoms with Crippen LogP contribution in [0.25, 0.3) is 0 Å². The molecule has 0 amide bonds. The molecule has 0 aliphatic rings. The first kappa shape index (κ1) is 19.7. The Kier molecular flexibility index (Phi) is 7.81. The molecule has 0 radical (unpaired) electrons. The summed E-state index contributed by atoms with van der Waals surface area (Å²) in [6.07, 6.45) is 4.41. The highest BCUT2D eigenvalue weighted by Crippen LogP contribution is 2.24. The molecule has 0 bridgehead atoms. The summed E-state index contributed by atoms with van der Waals surface area (Å²) in [6.45, 7) is 12.3. The number of rotatable bonds is 8. The molecule has 130 valence electrons. The van der Waals surface area contributed by atoms with E-state index < -0.39 is 5.60 Å². The number of benzene rings is 1. The van der Waals surface area contributed by atoms with Crippen molar-refractivity contribution in [2.75, 3.05) is 0 Å². The van der Waals surface area contributed by atoms with Gasteiger partial charge in [0.15, 0.2) is 0 Å². The zero-order valence-electron chi connectivity index (χ0n) is 15.8. The molecule has 0 aliphatic carbocycles. The minimum atomic E-state index is -0.391. The molecule has 1 aromatic rings. The van der Waals surface area contributed by atoms with E-state index in [1.807, 2.05) is 27.7 Å². The van der Waals surface area contributed by atoms with Crippen LogP contribution in [0.2, 0.25) is 0 Å². The van der Waals surface area contributed by atoms with Crippen molar-refractivity contribution in [1.29, 1.82) is 0 Å². The van der Waals surface area contributed by atoms with E-state index in [2.05, 4.69) is 44.2 Å². The average molecular weight is 319 g/mol. The topological polar surface area (TPSA) is 26.3 Å². The second-order valence-electron chi connectivity index (χ2n) is 8.14. The molecule has 2 nitrogen and oxygen atoms in total. The van der Waals surface area contributed by atoms with Crippen molar-refractivity contribution in [3.8, 4) is 0 Å². The summed E-state index contributed by atoms with van der Waals surface area (Å²) in [4.78, 5) is 12.1. The lowest BCUT2D eigenvalue weighted by molar-refractivity contribution is -0.160. The van der Waals surface area contributed by atoms with Crippen molar-refractivity contribution in [2.24, 2.45) is 17.8 Å². The molecular weight excluding hydrogens is 284 g/mol. The van der Waals surface area contributed by atoms with E-state index in [1.54, 1.807) is 0 Å². The van der Waals surface area contributed by atoms with Crippen LogP contribution in [0.5, 0.6) is 0 Å². The average Bonchev–Trinajstić information content (AvgIpc) is 2.44. The Morgan fingerprint density at radius 3 is 2.17 bits per heavy atom. The zero-order chi connectivity index (χ0) is 17.5. The van der Waals surface area contributed by atoms with Crippen LogP contribution in [0, 0.1) is 17.8 Å². The van der Waals surface area contributed by atoms with Gasteiger partial charge in [-0.25, -0.2) is 0 Å². The van der Waals surface area contributed by atoms with E-state index in [-0.39, 0.29) is 11.9 Å². The molecule has 0 heterocycles. The normalized spacial score (nSPS) is 15.7. The first-order chi connectivity index (χ1) is 10.7. The second-order valence-corrected chi connectivity index (χ2v) is 8.14. The molecular formula is C21H34O2. The lowest BCUT2D eigenvalue weighted by Crippen LogP contribution is -2.28. The van der Waals surface area contributed by atoms with Crippen LogP contribution >= 0.6 is 0 Å². The van der Waals surface area contributed by atoms with Gasteiger partial charge in [0.05, 0.1) is 5.92 Å². The molecule has 0 fully saturated rings. The summed E-state index contributed by atoms with van der Waals surface area (Å²) in [5.41, 5.74) is 1.02. The second kappa shape index (κ2) is 9.10. The van der Waals surface area contributed by atoms with Crippen molar-refractivity contribution < 1.29 is 9.53 Å². The highest BCUT2D eigenvalue weighted by atomic mass is 16.6. The third-order valence-electron chi connectivity index (χ3n) is 4.14. The van der Waals surface area contributed by atoms with Crippen LogP contribution in [0.4, 0.5) is 0 Å². The van der Waals surface area contributed by atoms with Gasteiger partial charge in [0.2, 0.25) is 0 Å². The smallest absolute Gasteiger partial charge is 0.309 e. The SMILES string of the molecule is C[C@@H](CCc1ccccc1)C[C@H](C)C[C@@H](C)C(=O)OC(C)(C)C. The van der Waals surface area contributed by atoms with Gasteiger partial charge in [-0.05, 0) is 63.9 Å². The molecule has 0 unspecified atom stereocenters. The molecule has 0 saturated heterocycles. The van der Waals surface area contributed by atoms with Crippen LogP contribution in [0.3, 0.4) is 0 Å². The maximum Gasteiger partial charge on any atom is 0.309 e. The zero-order valence-corrected chi connectivity index (χ0v) is 15.8. The van der Waals surface area contributed by atoms with Gasteiger partial charge < -0.3 is 4.74 Å². The number of hydrogen-bond acceptors (Lipinski definition) is 2. The predicted molar refractivity (Wildman–Crippen MR) is 97.3 cm³/mol. The van der Waals surface area contributed by atoms with E-state index in [0.717, 1.165) is 12.8 Å². The molecule has 3 atom stereocenters. The largest absolute Gasteiger partial charge is 0.460 e. The van der Waals surface area contributed by atoms with Crippen LogP contribution in [-0.2, 0) is 16.0 Å². The number of esters is 1. The van der Waals surface area contributed by atoms with Crippen molar-refractivity contribution in [1.82, 2.24) is 0 Å². The van der Waals surface area contributed by atoms with Crippen molar-refractivity contribution >= 4 is 5.97 Å². The van der Waals surface area contributed by atoms with Gasteiger partial charge >= 0.3 is 5.97 Å². The van der Waals surface area contributed by atoms with Crippen molar-refractivity contribution in [3.05, 3.63) is 35.9 Å². The minimum Gasteiger partial charge on any atom is -0.460 e. The summed E-state index contributed by atoms with van der Waals surface area (Å²) >= 11 is 0. The Balaban J connectivity index is 2.31. The summed E-state index contributed by atoms with van der Waals surface area (Å²) in [7, 11) is 0. The Morgan fingerprint density at radius 1 is 1.00 bits per heavy atom. The van der Waals surface area contributed by atoms with Gasteiger partial charge in [0.25, 0.3) is 0 Å². The van der Waals surface area contributed by atoms with Gasteiger partial charge in [0, 0.05) is 0 Å².